The molecule has 0 saturated heterocycles. The Labute approximate surface area is 148 Å². The Balaban J connectivity index is 1.84. The molecule has 0 aliphatic carbocycles. The van der Waals surface area contributed by atoms with Gasteiger partial charge in [0.1, 0.15) is 5.82 Å². The first-order chi connectivity index (χ1) is 12.2. The first kappa shape index (κ1) is 17.0. The van der Waals surface area contributed by atoms with Crippen LogP contribution >= 0.6 is 0 Å². The molecule has 3 rings (SSSR count). The van der Waals surface area contributed by atoms with Gasteiger partial charge in [-0.05, 0) is 37.6 Å². The number of carbonyl (C=O) groups is 1. The molecule has 0 saturated carbocycles. The molecular weight excluding hydrogens is 310 g/mol. The van der Waals surface area contributed by atoms with E-state index in [1.54, 1.807) is 6.08 Å². The quantitative estimate of drug-likeness (QED) is 0.700. The molecule has 1 aromatic heterocycles. The molecule has 0 spiro atoms. The third-order valence-electron chi connectivity index (χ3n) is 4.16. The van der Waals surface area contributed by atoms with E-state index in [0.717, 1.165) is 23.4 Å². The average Bonchev–Trinajstić information content (AvgIpc) is 2.95. The van der Waals surface area contributed by atoms with E-state index in [1.165, 1.54) is 17.2 Å². The van der Waals surface area contributed by atoms with Crippen LogP contribution in [0.5, 0.6) is 0 Å². The van der Waals surface area contributed by atoms with Gasteiger partial charge < -0.3 is 9.88 Å². The number of benzene rings is 2. The maximum absolute atomic E-state index is 11.6. The molecule has 4 heteroatoms. The lowest BCUT2D eigenvalue weighted by atomic mass is 10.1. The summed E-state index contributed by atoms with van der Waals surface area (Å²) in [4.78, 5) is 16.4. The minimum absolute atomic E-state index is 0.0660. The minimum Gasteiger partial charge on any atom is -0.352 e. The van der Waals surface area contributed by atoms with Gasteiger partial charge in [0, 0.05) is 19.5 Å². The molecule has 4 nitrogen and oxygen atoms in total. The van der Waals surface area contributed by atoms with Crippen molar-refractivity contribution in [3.05, 3.63) is 77.6 Å². The molecule has 0 radical (unpaired) electrons. The highest BCUT2D eigenvalue weighted by atomic mass is 16.1. The zero-order chi connectivity index (χ0) is 17.6. The van der Waals surface area contributed by atoms with Crippen molar-refractivity contribution in [2.75, 3.05) is 6.54 Å². The molecule has 0 atom stereocenters. The van der Waals surface area contributed by atoms with E-state index >= 15 is 0 Å². The summed E-state index contributed by atoms with van der Waals surface area (Å²) in [6.45, 7) is 5.27. The van der Waals surface area contributed by atoms with Gasteiger partial charge in [0.15, 0.2) is 0 Å². The van der Waals surface area contributed by atoms with Crippen molar-refractivity contribution in [1.82, 2.24) is 14.9 Å². The molecule has 0 aliphatic heterocycles. The van der Waals surface area contributed by atoms with Gasteiger partial charge in [-0.15, -0.1) is 0 Å². The summed E-state index contributed by atoms with van der Waals surface area (Å²) < 4.78 is 2.24. The normalized spacial score (nSPS) is 11.3. The number of aryl methyl sites for hydroxylation is 1. The van der Waals surface area contributed by atoms with Crippen LogP contribution in [-0.2, 0) is 17.8 Å². The molecule has 25 heavy (non-hydrogen) atoms. The van der Waals surface area contributed by atoms with Crippen LogP contribution in [0.1, 0.15) is 23.9 Å². The molecule has 2 aromatic carbocycles. The highest BCUT2D eigenvalue weighted by Crippen LogP contribution is 2.18. The average molecular weight is 333 g/mol. The van der Waals surface area contributed by atoms with E-state index in [-0.39, 0.29) is 5.91 Å². The Hall–Kier alpha value is -2.88. The van der Waals surface area contributed by atoms with Crippen LogP contribution in [0.3, 0.4) is 0 Å². The van der Waals surface area contributed by atoms with E-state index in [0.29, 0.717) is 13.0 Å². The van der Waals surface area contributed by atoms with Gasteiger partial charge in [-0.25, -0.2) is 4.98 Å². The van der Waals surface area contributed by atoms with Crippen molar-refractivity contribution >= 4 is 16.9 Å². The monoisotopic (exact) mass is 333 g/mol. The van der Waals surface area contributed by atoms with Crippen LogP contribution in [0, 0.1) is 6.92 Å². The SMILES string of the molecule is C/C=C/C(=O)NCCc1nc2ccccc2n1Cc1ccc(C)cc1. The van der Waals surface area contributed by atoms with Crippen LogP contribution in [0.2, 0.25) is 0 Å². The first-order valence-electron chi connectivity index (χ1n) is 8.57. The maximum atomic E-state index is 11.6. The fourth-order valence-electron chi connectivity index (χ4n) is 2.88. The first-order valence-corrected chi connectivity index (χ1v) is 8.57. The number of hydrogen-bond donors (Lipinski definition) is 1. The largest absolute Gasteiger partial charge is 0.352 e. The number of fused-ring (bicyclic) bond motifs is 1. The van der Waals surface area contributed by atoms with Gasteiger partial charge in [0.05, 0.1) is 11.0 Å². The molecule has 0 bridgehead atoms. The second-order valence-corrected chi connectivity index (χ2v) is 6.13. The fraction of sp³-hybridized carbons (Fsp3) is 0.238. The van der Waals surface area contributed by atoms with Gasteiger partial charge in [-0.2, -0.15) is 0 Å². The molecular formula is C21H23N3O. The van der Waals surface area contributed by atoms with Crippen LogP contribution in [0.15, 0.2) is 60.7 Å². The maximum Gasteiger partial charge on any atom is 0.243 e. The van der Waals surface area contributed by atoms with Gasteiger partial charge in [-0.1, -0.05) is 48.0 Å². The second-order valence-electron chi connectivity index (χ2n) is 6.13. The van der Waals surface area contributed by atoms with Crippen LogP contribution in [0.25, 0.3) is 11.0 Å². The number of nitrogens with zero attached hydrogens (tertiary/aromatic N) is 2. The van der Waals surface area contributed by atoms with Gasteiger partial charge >= 0.3 is 0 Å². The molecule has 3 aromatic rings. The standard InChI is InChI=1S/C21H23N3O/c1-3-6-21(25)22-14-13-20-23-18-7-4-5-8-19(18)24(20)15-17-11-9-16(2)10-12-17/h3-12H,13-15H2,1-2H3,(H,22,25)/b6-3+. The van der Waals surface area contributed by atoms with Crippen molar-refractivity contribution in [3.8, 4) is 0 Å². The number of imidazole rings is 1. The smallest absolute Gasteiger partial charge is 0.243 e. The van der Waals surface area contributed by atoms with E-state index in [4.69, 9.17) is 4.98 Å². The summed E-state index contributed by atoms with van der Waals surface area (Å²) in [6, 6.07) is 16.7. The molecule has 0 fully saturated rings. The third kappa shape index (κ3) is 4.15. The number of rotatable bonds is 6. The summed E-state index contributed by atoms with van der Waals surface area (Å²) in [5.41, 5.74) is 4.61. The molecule has 1 N–H and O–H groups in total. The second kappa shape index (κ2) is 7.79. The zero-order valence-electron chi connectivity index (χ0n) is 14.7. The summed E-state index contributed by atoms with van der Waals surface area (Å²) in [5, 5.41) is 2.90. The lowest BCUT2D eigenvalue weighted by molar-refractivity contribution is -0.116. The highest BCUT2D eigenvalue weighted by molar-refractivity contribution is 5.87. The molecule has 1 heterocycles. The number of para-hydroxylation sites is 2. The third-order valence-corrected chi connectivity index (χ3v) is 4.16. The van der Waals surface area contributed by atoms with Crippen LogP contribution < -0.4 is 5.32 Å². The summed E-state index contributed by atoms with van der Waals surface area (Å²) in [5.74, 6) is 0.922. The minimum atomic E-state index is -0.0660. The topological polar surface area (TPSA) is 46.9 Å². The highest BCUT2D eigenvalue weighted by Gasteiger charge is 2.11. The van der Waals surface area contributed by atoms with Crippen LogP contribution in [0.4, 0.5) is 0 Å². The molecule has 0 aliphatic rings. The van der Waals surface area contributed by atoms with Crippen molar-refractivity contribution in [3.63, 3.8) is 0 Å². The Bertz CT molecular complexity index is 891. The number of aromatic nitrogens is 2. The number of allylic oxidation sites excluding steroid dienone is 1. The summed E-state index contributed by atoms with van der Waals surface area (Å²) in [6.07, 6.45) is 3.97. The van der Waals surface area contributed by atoms with Gasteiger partial charge in [-0.3, -0.25) is 4.79 Å². The lowest BCUT2D eigenvalue weighted by Gasteiger charge is -2.10. The van der Waals surface area contributed by atoms with E-state index in [9.17, 15) is 4.79 Å². The Morgan fingerprint density at radius 2 is 1.92 bits per heavy atom. The zero-order valence-corrected chi connectivity index (χ0v) is 14.7. The van der Waals surface area contributed by atoms with E-state index in [2.05, 4.69) is 47.1 Å². The van der Waals surface area contributed by atoms with E-state index < -0.39 is 0 Å². The predicted octanol–water partition coefficient (Wildman–Crippen LogP) is 3.63. The van der Waals surface area contributed by atoms with E-state index in [1.807, 2.05) is 25.1 Å². The van der Waals surface area contributed by atoms with Gasteiger partial charge in [0.2, 0.25) is 5.91 Å². The fourth-order valence-corrected chi connectivity index (χ4v) is 2.88. The number of nitrogens with one attached hydrogen (secondary N) is 1. The predicted molar refractivity (Wildman–Crippen MR) is 102 cm³/mol. The van der Waals surface area contributed by atoms with Crippen molar-refractivity contribution in [2.24, 2.45) is 0 Å². The molecule has 0 unspecified atom stereocenters. The Kier molecular flexibility index (Phi) is 5.29. The summed E-state index contributed by atoms with van der Waals surface area (Å²) in [7, 11) is 0. The number of hydrogen-bond acceptors (Lipinski definition) is 2. The Morgan fingerprint density at radius 1 is 1.16 bits per heavy atom. The van der Waals surface area contributed by atoms with Crippen LogP contribution in [-0.4, -0.2) is 22.0 Å². The summed E-state index contributed by atoms with van der Waals surface area (Å²) >= 11 is 0. The van der Waals surface area contributed by atoms with Crippen molar-refractivity contribution in [1.29, 1.82) is 0 Å². The number of carbonyl (C=O) groups excluding carboxylic acids is 1. The molecule has 1 amide bonds. The number of amides is 1. The van der Waals surface area contributed by atoms with Crippen molar-refractivity contribution < 1.29 is 4.79 Å². The molecule has 128 valence electrons. The Morgan fingerprint density at radius 3 is 2.68 bits per heavy atom. The lowest BCUT2D eigenvalue weighted by Crippen LogP contribution is -2.24. The van der Waals surface area contributed by atoms with Gasteiger partial charge in [0.25, 0.3) is 0 Å². The van der Waals surface area contributed by atoms with Crippen molar-refractivity contribution in [2.45, 2.75) is 26.8 Å².